The number of benzene rings is 1. The molecular formula is C19H19N5O3S. The zero-order valence-electron chi connectivity index (χ0n) is 15.9. The Balaban J connectivity index is 1.79. The maximum absolute atomic E-state index is 5.46. The number of fused-ring (bicyclic) bond motifs is 1. The quantitative estimate of drug-likeness (QED) is 0.492. The standard InChI is InChI=1S/C19H19N5O3S/c1-23(13-6-5-7-20-10-13)19-22-24-14(11-21-18(24)28-19)12-8-15(25-2)17(27-4)16(9-12)26-3/h5-11H,1-4H3. The Hall–Kier alpha value is -3.33. The van der Waals surface area contributed by atoms with E-state index in [-0.39, 0.29) is 0 Å². The third-order valence-corrected chi connectivity index (χ3v) is 5.35. The lowest BCUT2D eigenvalue weighted by atomic mass is 10.1. The van der Waals surface area contributed by atoms with Gasteiger partial charge in [0.1, 0.15) is 0 Å². The highest BCUT2D eigenvalue weighted by Crippen LogP contribution is 2.41. The predicted molar refractivity (Wildman–Crippen MR) is 108 cm³/mol. The number of rotatable bonds is 6. The highest BCUT2D eigenvalue weighted by atomic mass is 32.1. The Morgan fingerprint density at radius 3 is 2.39 bits per heavy atom. The van der Waals surface area contributed by atoms with Crippen LogP contribution >= 0.6 is 11.3 Å². The van der Waals surface area contributed by atoms with Gasteiger partial charge in [0.05, 0.1) is 45.1 Å². The normalized spacial score (nSPS) is 10.9. The summed E-state index contributed by atoms with van der Waals surface area (Å²) in [5, 5.41) is 5.55. The number of hydrogen-bond acceptors (Lipinski definition) is 8. The van der Waals surface area contributed by atoms with Crippen LogP contribution in [0.4, 0.5) is 10.8 Å². The van der Waals surface area contributed by atoms with Gasteiger partial charge in [-0.15, -0.1) is 5.10 Å². The Morgan fingerprint density at radius 1 is 1.04 bits per heavy atom. The van der Waals surface area contributed by atoms with E-state index in [0.717, 1.165) is 27.0 Å². The van der Waals surface area contributed by atoms with Gasteiger partial charge in [0, 0.05) is 18.8 Å². The number of ether oxygens (including phenoxy) is 3. The molecule has 0 unspecified atom stereocenters. The van der Waals surface area contributed by atoms with Crippen LogP contribution in [0.25, 0.3) is 16.2 Å². The largest absolute Gasteiger partial charge is 0.493 e. The van der Waals surface area contributed by atoms with Gasteiger partial charge in [-0.2, -0.15) is 0 Å². The lowest BCUT2D eigenvalue weighted by Gasteiger charge is -2.14. The van der Waals surface area contributed by atoms with Crippen LogP contribution in [-0.4, -0.2) is 48.0 Å². The zero-order valence-corrected chi connectivity index (χ0v) is 16.7. The van der Waals surface area contributed by atoms with Crippen molar-refractivity contribution in [2.75, 3.05) is 33.3 Å². The first-order chi connectivity index (χ1) is 13.7. The van der Waals surface area contributed by atoms with E-state index in [1.54, 1.807) is 39.9 Å². The van der Waals surface area contributed by atoms with Crippen LogP contribution in [0.15, 0.2) is 42.9 Å². The minimum absolute atomic E-state index is 0.546. The summed E-state index contributed by atoms with van der Waals surface area (Å²) in [7, 11) is 6.72. The summed E-state index contributed by atoms with van der Waals surface area (Å²) in [5.74, 6) is 1.70. The molecule has 3 aromatic heterocycles. The lowest BCUT2D eigenvalue weighted by Crippen LogP contribution is -2.09. The average molecular weight is 397 g/mol. The molecule has 0 saturated heterocycles. The molecule has 1 aromatic carbocycles. The topological polar surface area (TPSA) is 74.0 Å². The molecule has 8 nitrogen and oxygen atoms in total. The zero-order chi connectivity index (χ0) is 19.7. The number of pyridine rings is 1. The first kappa shape index (κ1) is 18.1. The first-order valence-electron chi connectivity index (χ1n) is 8.45. The van der Waals surface area contributed by atoms with Gasteiger partial charge >= 0.3 is 0 Å². The van der Waals surface area contributed by atoms with Gasteiger partial charge in [-0.05, 0) is 24.3 Å². The number of anilines is 2. The molecule has 9 heteroatoms. The molecule has 28 heavy (non-hydrogen) atoms. The van der Waals surface area contributed by atoms with Gasteiger partial charge in [-0.25, -0.2) is 9.50 Å². The van der Waals surface area contributed by atoms with Gasteiger partial charge in [-0.3, -0.25) is 4.98 Å². The van der Waals surface area contributed by atoms with Crippen LogP contribution in [0.1, 0.15) is 0 Å². The molecule has 4 rings (SSSR count). The van der Waals surface area contributed by atoms with E-state index in [4.69, 9.17) is 19.3 Å². The summed E-state index contributed by atoms with van der Waals surface area (Å²) in [5.41, 5.74) is 2.65. The van der Waals surface area contributed by atoms with Crippen molar-refractivity contribution in [3.63, 3.8) is 0 Å². The number of methoxy groups -OCH3 is 3. The van der Waals surface area contributed by atoms with E-state index in [0.29, 0.717) is 17.2 Å². The molecule has 0 aliphatic heterocycles. The second-order valence-electron chi connectivity index (χ2n) is 5.91. The SMILES string of the molecule is COc1cc(-c2cnc3sc(N(C)c4cccnc4)nn23)cc(OC)c1OC. The van der Waals surface area contributed by atoms with E-state index < -0.39 is 0 Å². The van der Waals surface area contributed by atoms with Crippen molar-refractivity contribution in [1.82, 2.24) is 19.6 Å². The van der Waals surface area contributed by atoms with E-state index in [2.05, 4.69) is 9.97 Å². The third kappa shape index (κ3) is 2.99. The van der Waals surface area contributed by atoms with Crippen molar-refractivity contribution in [2.45, 2.75) is 0 Å². The molecule has 0 fully saturated rings. The van der Waals surface area contributed by atoms with Crippen LogP contribution in [0.2, 0.25) is 0 Å². The van der Waals surface area contributed by atoms with Gasteiger partial charge < -0.3 is 19.1 Å². The highest BCUT2D eigenvalue weighted by Gasteiger charge is 2.19. The van der Waals surface area contributed by atoms with E-state index in [1.165, 1.54) is 11.3 Å². The second-order valence-corrected chi connectivity index (χ2v) is 6.84. The molecule has 144 valence electrons. The monoisotopic (exact) mass is 397 g/mol. The molecule has 0 N–H and O–H groups in total. The maximum Gasteiger partial charge on any atom is 0.214 e. The average Bonchev–Trinajstić information content (AvgIpc) is 3.33. The van der Waals surface area contributed by atoms with Crippen molar-refractivity contribution in [3.8, 4) is 28.5 Å². The van der Waals surface area contributed by atoms with Gasteiger partial charge in [0.15, 0.2) is 11.5 Å². The molecule has 0 aliphatic carbocycles. The van der Waals surface area contributed by atoms with E-state index in [1.807, 2.05) is 40.7 Å². The van der Waals surface area contributed by atoms with Crippen molar-refractivity contribution >= 4 is 27.1 Å². The first-order valence-corrected chi connectivity index (χ1v) is 9.26. The van der Waals surface area contributed by atoms with Crippen molar-refractivity contribution in [2.24, 2.45) is 0 Å². The van der Waals surface area contributed by atoms with Crippen LogP contribution in [-0.2, 0) is 0 Å². The van der Waals surface area contributed by atoms with Crippen molar-refractivity contribution in [3.05, 3.63) is 42.9 Å². The maximum atomic E-state index is 5.46. The molecule has 0 amide bonds. The van der Waals surface area contributed by atoms with Crippen LogP contribution in [0.3, 0.4) is 0 Å². The number of hydrogen-bond donors (Lipinski definition) is 0. The molecule has 3 heterocycles. The molecule has 0 atom stereocenters. The summed E-state index contributed by atoms with van der Waals surface area (Å²) >= 11 is 1.49. The van der Waals surface area contributed by atoms with Crippen molar-refractivity contribution < 1.29 is 14.2 Å². The smallest absolute Gasteiger partial charge is 0.214 e. The minimum atomic E-state index is 0.546. The van der Waals surface area contributed by atoms with Gasteiger partial charge in [0.2, 0.25) is 15.8 Å². The summed E-state index contributed by atoms with van der Waals surface area (Å²) in [6.07, 6.45) is 5.33. The Labute approximate surface area is 165 Å². The van der Waals surface area contributed by atoms with Crippen LogP contribution < -0.4 is 19.1 Å². The number of aromatic nitrogens is 4. The Bertz CT molecular complexity index is 1080. The molecule has 0 aliphatic rings. The minimum Gasteiger partial charge on any atom is -0.493 e. The fourth-order valence-electron chi connectivity index (χ4n) is 2.91. The summed E-state index contributed by atoms with van der Waals surface area (Å²) in [4.78, 5) is 11.4. The predicted octanol–water partition coefficient (Wildman–Crippen LogP) is 3.65. The molecule has 0 bridgehead atoms. The summed E-state index contributed by atoms with van der Waals surface area (Å²) in [6.45, 7) is 0. The number of nitrogens with zero attached hydrogens (tertiary/aromatic N) is 5. The molecule has 0 radical (unpaired) electrons. The summed E-state index contributed by atoms with van der Waals surface area (Å²) < 4.78 is 18.1. The second kappa shape index (κ2) is 7.35. The van der Waals surface area contributed by atoms with Gasteiger partial charge in [-0.1, -0.05) is 11.3 Å². The van der Waals surface area contributed by atoms with E-state index in [9.17, 15) is 0 Å². The summed E-state index contributed by atoms with van der Waals surface area (Å²) in [6, 6.07) is 7.65. The molecular weight excluding hydrogens is 378 g/mol. The number of imidazole rings is 1. The molecule has 4 aromatic rings. The van der Waals surface area contributed by atoms with E-state index >= 15 is 0 Å². The van der Waals surface area contributed by atoms with Crippen LogP contribution in [0, 0.1) is 0 Å². The third-order valence-electron chi connectivity index (χ3n) is 4.36. The highest BCUT2D eigenvalue weighted by molar-refractivity contribution is 7.20. The van der Waals surface area contributed by atoms with Gasteiger partial charge in [0.25, 0.3) is 0 Å². The van der Waals surface area contributed by atoms with Crippen LogP contribution in [0.5, 0.6) is 17.2 Å². The fraction of sp³-hybridized carbons (Fsp3) is 0.211. The Morgan fingerprint density at radius 2 is 1.79 bits per heavy atom. The lowest BCUT2D eigenvalue weighted by molar-refractivity contribution is 0.324. The Kier molecular flexibility index (Phi) is 4.74. The van der Waals surface area contributed by atoms with Crippen molar-refractivity contribution in [1.29, 1.82) is 0 Å². The fourth-order valence-corrected chi connectivity index (χ4v) is 3.77. The molecule has 0 saturated carbocycles. The molecule has 0 spiro atoms.